The van der Waals surface area contributed by atoms with E-state index in [2.05, 4.69) is 17.1 Å². The van der Waals surface area contributed by atoms with Gasteiger partial charge < -0.3 is 4.74 Å². The van der Waals surface area contributed by atoms with E-state index in [0.29, 0.717) is 31.9 Å². The highest BCUT2D eigenvalue weighted by molar-refractivity contribution is 7.89. The fraction of sp³-hybridized carbons (Fsp3) is 0.300. The topological polar surface area (TPSA) is 49.9 Å². The first-order chi connectivity index (χ1) is 13.4. The van der Waals surface area contributed by atoms with Crippen LogP contribution >= 0.6 is 23.2 Å². The predicted molar refractivity (Wildman–Crippen MR) is 114 cm³/mol. The quantitative estimate of drug-likeness (QED) is 0.680. The fourth-order valence-electron chi connectivity index (χ4n) is 3.06. The van der Waals surface area contributed by atoms with Crippen LogP contribution in [0.5, 0.6) is 5.75 Å². The van der Waals surface area contributed by atoms with Crippen molar-refractivity contribution in [3.63, 3.8) is 0 Å². The smallest absolute Gasteiger partial charge is 0.244 e. The minimum atomic E-state index is -3.71. The number of piperazine rings is 1. The molecule has 0 unspecified atom stereocenters. The monoisotopic (exact) mass is 440 g/mol. The summed E-state index contributed by atoms with van der Waals surface area (Å²) in [7, 11) is -2.25. The van der Waals surface area contributed by atoms with Crippen molar-refractivity contribution in [2.24, 2.45) is 0 Å². The predicted octanol–water partition coefficient (Wildman–Crippen LogP) is 4.02. The summed E-state index contributed by atoms with van der Waals surface area (Å²) < 4.78 is 32.5. The first-order valence-corrected chi connectivity index (χ1v) is 11.1. The zero-order valence-electron chi connectivity index (χ0n) is 15.5. The molecule has 0 spiro atoms. The molecule has 5 nitrogen and oxygen atoms in total. The molecule has 0 aliphatic carbocycles. The number of hydrogen-bond donors (Lipinski definition) is 0. The minimum absolute atomic E-state index is 0.0115. The van der Waals surface area contributed by atoms with Gasteiger partial charge >= 0.3 is 0 Å². The maximum atomic E-state index is 13.0. The summed E-state index contributed by atoms with van der Waals surface area (Å²) in [6, 6.07) is 12.9. The number of halogens is 2. The third-order valence-electron chi connectivity index (χ3n) is 4.63. The molecule has 2 aromatic carbocycles. The Hall–Kier alpha value is -1.57. The molecule has 0 saturated carbocycles. The van der Waals surface area contributed by atoms with Gasteiger partial charge in [-0.3, -0.25) is 4.90 Å². The van der Waals surface area contributed by atoms with E-state index in [9.17, 15) is 8.42 Å². The molecule has 0 amide bonds. The average Bonchev–Trinajstić information content (AvgIpc) is 2.70. The van der Waals surface area contributed by atoms with Crippen LogP contribution in [0.15, 0.2) is 53.4 Å². The van der Waals surface area contributed by atoms with Crippen LogP contribution < -0.4 is 4.74 Å². The van der Waals surface area contributed by atoms with Crippen LogP contribution in [-0.4, -0.2) is 57.5 Å². The number of methoxy groups -OCH3 is 1. The van der Waals surface area contributed by atoms with Crippen LogP contribution in [0.25, 0.3) is 6.08 Å². The first-order valence-electron chi connectivity index (χ1n) is 8.89. The second kappa shape index (κ2) is 9.29. The Kier molecular flexibility index (Phi) is 7.01. The Morgan fingerprint density at radius 3 is 2.36 bits per heavy atom. The number of hydrogen-bond acceptors (Lipinski definition) is 4. The fourth-order valence-corrected chi connectivity index (χ4v) is 5.30. The number of nitrogens with zero attached hydrogens (tertiary/aromatic N) is 2. The van der Waals surface area contributed by atoms with E-state index in [0.717, 1.165) is 12.1 Å². The molecule has 0 atom stereocenters. The van der Waals surface area contributed by atoms with Crippen molar-refractivity contribution in [1.29, 1.82) is 0 Å². The van der Waals surface area contributed by atoms with E-state index in [1.54, 1.807) is 0 Å². The average molecular weight is 441 g/mol. The zero-order valence-corrected chi connectivity index (χ0v) is 17.8. The van der Waals surface area contributed by atoms with Crippen LogP contribution in [0.1, 0.15) is 5.56 Å². The van der Waals surface area contributed by atoms with E-state index in [1.807, 2.05) is 30.3 Å². The molecule has 0 radical (unpaired) electrons. The highest BCUT2D eigenvalue weighted by Crippen LogP contribution is 2.34. The van der Waals surface area contributed by atoms with E-state index >= 15 is 0 Å². The van der Waals surface area contributed by atoms with Gasteiger partial charge in [0.25, 0.3) is 0 Å². The Labute approximate surface area is 176 Å². The van der Waals surface area contributed by atoms with Crippen molar-refractivity contribution in [3.8, 4) is 5.75 Å². The van der Waals surface area contributed by atoms with Gasteiger partial charge in [0.2, 0.25) is 10.0 Å². The van der Waals surface area contributed by atoms with Gasteiger partial charge in [-0.05, 0) is 11.6 Å². The van der Waals surface area contributed by atoms with Crippen molar-refractivity contribution in [3.05, 3.63) is 64.1 Å². The van der Waals surface area contributed by atoms with Crippen molar-refractivity contribution in [2.75, 3.05) is 39.8 Å². The third kappa shape index (κ3) is 4.88. The lowest BCUT2D eigenvalue weighted by Crippen LogP contribution is -2.48. The molecular formula is C20H22Cl2N2O3S. The highest BCUT2D eigenvalue weighted by atomic mass is 35.5. The summed E-state index contributed by atoms with van der Waals surface area (Å²) in [6.07, 6.45) is 4.17. The summed E-state index contributed by atoms with van der Waals surface area (Å²) in [4.78, 5) is 2.23. The van der Waals surface area contributed by atoms with Gasteiger partial charge in [-0.15, -0.1) is 0 Å². The maximum absolute atomic E-state index is 13.0. The molecule has 0 N–H and O–H groups in total. The van der Waals surface area contributed by atoms with Crippen LogP contribution in [0, 0.1) is 0 Å². The summed E-state index contributed by atoms with van der Waals surface area (Å²) in [5.41, 5.74) is 1.15. The van der Waals surface area contributed by atoms with Crippen molar-refractivity contribution >= 4 is 39.3 Å². The van der Waals surface area contributed by atoms with E-state index in [4.69, 9.17) is 27.9 Å². The molecule has 8 heteroatoms. The Morgan fingerprint density at radius 2 is 1.71 bits per heavy atom. The Balaban J connectivity index is 1.62. The molecule has 28 heavy (non-hydrogen) atoms. The lowest BCUT2D eigenvalue weighted by atomic mass is 10.2. The summed E-state index contributed by atoms with van der Waals surface area (Å²) in [5, 5.41) is 0.324. The van der Waals surface area contributed by atoms with Crippen LogP contribution in [0.4, 0.5) is 0 Å². The van der Waals surface area contributed by atoms with Crippen LogP contribution in [-0.2, 0) is 10.0 Å². The van der Waals surface area contributed by atoms with E-state index in [1.165, 1.54) is 23.5 Å². The molecule has 1 heterocycles. The Morgan fingerprint density at radius 1 is 1.04 bits per heavy atom. The SMILES string of the molecule is COc1cc(Cl)c(S(=O)(=O)N2CCN(C/C=C\c3ccccc3)CC2)cc1Cl. The van der Waals surface area contributed by atoms with Gasteiger partial charge in [-0.2, -0.15) is 4.31 Å². The van der Waals surface area contributed by atoms with E-state index < -0.39 is 10.0 Å². The molecule has 3 rings (SSSR count). The standard InChI is InChI=1S/C20H22Cl2N2O3S/c1-27-19-14-18(22)20(15-17(19)21)28(25,26)24-12-10-23(11-13-24)9-5-8-16-6-3-2-4-7-16/h2-8,14-15H,9-13H2,1H3/b8-5-. The largest absolute Gasteiger partial charge is 0.495 e. The second-order valence-corrected chi connectivity index (χ2v) is 9.16. The lowest BCUT2D eigenvalue weighted by molar-refractivity contribution is 0.204. The highest BCUT2D eigenvalue weighted by Gasteiger charge is 2.30. The molecule has 0 bridgehead atoms. The summed E-state index contributed by atoms with van der Waals surface area (Å²) >= 11 is 12.3. The van der Waals surface area contributed by atoms with Crippen molar-refractivity contribution in [1.82, 2.24) is 9.21 Å². The normalized spacial score (nSPS) is 16.5. The van der Waals surface area contributed by atoms with Gasteiger partial charge in [-0.1, -0.05) is 65.7 Å². The summed E-state index contributed by atoms with van der Waals surface area (Å²) in [5.74, 6) is 0.348. The molecular weight excluding hydrogens is 419 g/mol. The molecule has 2 aromatic rings. The van der Waals surface area contributed by atoms with Crippen LogP contribution in [0.2, 0.25) is 10.0 Å². The number of sulfonamides is 1. The van der Waals surface area contributed by atoms with Gasteiger partial charge in [0.15, 0.2) is 0 Å². The van der Waals surface area contributed by atoms with Crippen LogP contribution in [0.3, 0.4) is 0 Å². The molecule has 0 aromatic heterocycles. The lowest BCUT2D eigenvalue weighted by Gasteiger charge is -2.33. The van der Waals surface area contributed by atoms with Gasteiger partial charge in [0.05, 0.1) is 17.2 Å². The van der Waals surface area contributed by atoms with Gasteiger partial charge in [0.1, 0.15) is 10.6 Å². The zero-order chi connectivity index (χ0) is 20.1. The van der Waals surface area contributed by atoms with Crippen molar-refractivity contribution < 1.29 is 13.2 Å². The number of rotatable bonds is 6. The number of benzene rings is 2. The van der Waals surface area contributed by atoms with Crippen molar-refractivity contribution in [2.45, 2.75) is 4.90 Å². The number of ether oxygens (including phenoxy) is 1. The maximum Gasteiger partial charge on any atom is 0.244 e. The van der Waals surface area contributed by atoms with Gasteiger partial charge in [-0.25, -0.2) is 8.42 Å². The van der Waals surface area contributed by atoms with E-state index in [-0.39, 0.29) is 14.9 Å². The minimum Gasteiger partial charge on any atom is -0.495 e. The molecule has 150 valence electrons. The molecule has 1 saturated heterocycles. The second-order valence-electron chi connectivity index (χ2n) is 6.43. The summed E-state index contributed by atoms with van der Waals surface area (Å²) in [6.45, 7) is 2.89. The molecule has 1 fully saturated rings. The van der Waals surface area contributed by atoms with Gasteiger partial charge in [0, 0.05) is 38.8 Å². The molecule has 1 aliphatic heterocycles. The Bertz CT molecular complexity index is 941. The third-order valence-corrected chi connectivity index (χ3v) is 7.29. The first kappa shape index (κ1) is 21.1. The molecule has 1 aliphatic rings.